The minimum absolute atomic E-state index is 0.273. The first kappa shape index (κ1) is 10.5. The Balaban J connectivity index is 2.01. The van der Waals surface area contributed by atoms with Crippen LogP contribution in [0.25, 0.3) is 0 Å². The number of hydrogen-bond donors (Lipinski definition) is 1. The van der Waals surface area contributed by atoms with E-state index in [1.807, 2.05) is 0 Å². The maximum Gasteiger partial charge on any atom is 0.325 e. The molecule has 76 valence electrons. The second-order valence-corrected chi connectivity index (χ2v) is 3.34. The average molecular weight is 187 g/mol. The molecule has 0 heterocycles. The van der Waals surface area contributed by atoms with Gasteiger partial charge in [-0.05, 0) is 25.7 Å². The van der Waals surface area contributed by atoms with Crippen molar-refractivity contribution in [1.29, 1.82) is 0 Å². The summed E-state index contributed by atoms with van der Waals surface area (Å²) in [6.45, 7) is 3.13. The first-order chi connectivity index (χ1) is 6.24. The lowest BCUT2D eigenvalue weighted by Crippen LogP contribution is -2.36. The fraction of sp³-hybridized carbons (Fsp3) is 0.889. The molecule has 1 unspecified atom stereocenters. The lowest BCUT2D eigenvalue weighted by molar-refractivity contribution is -0.146. The Morgan fingerprint density at radius 2 is 2.31 bits per heavy atom. The maximum absolute atomic E-state index is 11.0. The quantitative estimate of drug-likeness (QED) is 0.608. The summed E-state index contributed by atoms with van der Waals surface area (Å²) < 4.78 is 9.99. The molecule has 1 aliphatic rings. The third-order valence-corrected chi connectivity index (χ3v) is 1.94. The van der Waals surface area contributed by atoms with Crippen LogP contribution in [-0.4, -0.2) is 31.8 Å². The Morgan fingerprint density at radius 3 is 2.85 bits per heavy atom. The fourth-order valence-electron chi connectivity index (χ4n) is 0.964. The van der Waals surface area contributed by atoms with Gasteiger partial charge in [0.15, 0.2) is 0 Å². The molecule has 13 heavy (non-hydrogen) atoms. The molecule has 1 atom stereocenters. The van der Waals surface area contributed by atoms with Crippen molar-refractivity contribution >= 4 is 5.97 Å². The van der Waals surface area contributed by atoms with Gasteiger partial charge in [-0.3, -0.25) is 4.79 Å². The SMILES string of the molecule is CCOC(=O)C(N)COCC1CC1. The summed E-state index contributed by atoms with van der Waals surface area (Å²) in [5, 5.41) is 0. The first-order valence-electron chi connectivity index (χ1n) is 4.74. The highest BCUT2D eigenvalue weighted by Crippen LogP contribution is 2.28. The van der Waals surface area contributed by atoms with E-state index in [2.05, 4.69) is 0 Å². The fourth-order valence-corrected chi connectivity index (χ4v) is 0.964. The van der Waals surface area contributed by atoms with Crippen LogP contribution in [0.3, 0.4) is 0 Å². The summed E-state index contributed by atoms with van der Waals surface area (Å²) in [4.78, 5) is 11.0. The second-order valence-electron chi connectivity index (χ2n) is 3.34. The molecule has 0 aromatic heterocycles. The molecule has 0 saturated heterocycles. The van der Waals surface area contributed by atoms with Gasteiger partial charge in [0.05, 0.1) is 13.2 Å². The van der Waals surface area contributed by atoms with Crippen molar-refractivity contribution in [1.82, 2.24) is 0 Å². The maximum atomic E-state index is 11.0. The monoisotopic (exact) mass is 187 g/mol. The van der Waals surface area contributed by atoms with Gasteiger partial charge in [0.1, 0.15) is 6.04 Å². The van der Waals surface area contributed by atoms with Crippen molar-refractivity contribution in [2.45, 2.75) is 25.8 Å². The smallest absolute Gasteiger partial charge is 0.325 e. The van der Waals surface area contributed by atoms with Crippen molar-refractivity contribution in [2.24, 2.45) is 11.7 Å². The van der Waals surface area contributed by atoms with E-state index in [0.29, 0.717) is 12.5 Å². The van der Waals surface area contributed by atoms with Gasteiger partial charge in [-0.1, -0.05) is 0 Å². The molecular formula is C9H17NO3. The van der Waals surface area contributed by atoms with Crippen LogP contribution in [0, 0.1) is 5.92 Å². The molecule has 1 aliphatic carbocycles. The number of esters is 1. The highest BCUT2D eigenvalue weighted by molar-refractivity contribution is 5.75. The third kappa shape index (κ3) is 4.24. The highest BCUT2D eigenvalue weighted by Gasteiger charge is 2.22. The molecule has 4 nitrogen and oxygen atoms in total. The molecular weight excluding hydrogens is 170 g/mol. The van der Waals surface area contributed by atoms with Gasteiger partial charge in [-0.15, -0.1) is 0 Å². The Bertz CT molecular complexity index is 168. The van der Waals surface area contributed by atoms with Crippen LogP contribution in [0.4, 0.5) is 0 Å². The lowest BCUT2D eigenvalue weighted by Gasteiger charge is -2.10. The zero-order valence-electron chi connectivity index (χ0n) is 7.99. The van der Waals surface area contributed by atoms with Gasteiger partial charge in [-0.2, -0.15) is 0 Å². The van der Waals surface area contributed by atoms with E-state index >= 15 is 0 Å². The Kier molecular flexibility index (Phi) is 4.18. The molecule has 0 aromatic rings. The standard InChI is InChI=1S/C9H17NO3/c1-2-13-9(11)8(10)6-12-5-7-3-4-7/h7-8H,2-6,10H2,1H3. The molecule has 0 radical (unpaired) electrons. The predicted octanol–water partition coefficient (Wildman–Crippen LogP) is 0.303. The van der Waals surface area contributed by atoms with Crippen molar-refractivity contribution in [3.8, 4) is 0 Å². The van der Waals surface area contributed by atoms with Crippen LogP contribution >= 0.6 is 0 Å². The molecule has 4 heteroatoms. The van der Waals surface area contributed by atoms with Gasteiger partial charge < -0.3 is 15.2 Å². The normalized spacial score (nSPS) is 18.3. The summed E-state index contributed by atoms with van der Waals surface area (Å²) in [5.74, 6) is 0.327. The molecule has 0 bridgehead atoms. The van der Waals surface area contributed by atoms with Crippen molar-refractivity contribution < 1.29 is 14.3 Å². The molecule has 1 rings (SSSR count). The topological polar surface area (TPSA) is 61.5 Å². The Hall–Kier alpha value is -0.610. The summed E-state index contributed by atoms with van der Waals surface area (Å²) >= 11 is 0. The van der Waals surface area contributed by atoms with E-state index in [1.165, 1.54) is 12.8 Å². The predicted molar refractivity (Wildman–Crippen MR) is 48.2 cm³/mol. The second kappa shape index (κ2) is 5.19. The Morgan fingerprint density at radius 1 is 1.62 bits per heavy atom. The van der Waals surface area contributed by atoms with E-state index < -0.39 is 6.04 Å². The first-order valence-corrected chi connectivity index (χ1v) is 4.74. The average Bonchev–Trinajstić information content (AvgIpc) is 2.88. The van der Waals surface area contributed by atoms with Crippen LogP contribution in [0.2, 0.25) is 0 Å². The van der Waals surface area contributed by atoms with Crippen LogP contribution in [-0.2, 0) is 14.3 Å². The molecule has 0 aliphatic heterocycles. The van der Waals surface area contributed by atoms with Crippen LogP contribution in [0.5, 0.6) is 0 Å². The van der Waals surface area contributed by atoms with Gasteiger partial charge >= 0.3 is 5.97 Å². The molecule has 1 saturated carbocycles. The van der Waals surface area contributed by atoms with E-state index in [1.54, 1.807) is 6.92 Å². The number of rotatable bonds is 6. The van der Waals surface area contributed by atoms with Crippen LogP contribution < -0.4 is 5.73 Å². The number of nitrogens with two attached hydrogens (primary N) is 1. The number of ether oxygens (including phenoxy) is 2. The molecule has 0 amide bonds. The van der Waals surface area contributed by atoms with Crippen LogP contribution in [0.15, 0.2) is 0 Å². The minimum atomic E-state index is -0.626. The van der Waals surface area contributed by atoms with Crippen molar-refractivity contribution in [2.75, 3.05) is 19.8 Å². The summed E-state index contributed by atoms with van der Waals surface area (Å²) in [7, 11) is 0. The largest absolute Gasteiger partial charge is 0.465 e. The summed E-state index contributed by atoms with van der Waals surface area (Å²) in [5.41, 5.74) is 5.51. The van der Waals surface area contributed by atoms with E-state index in [-0.39, 0.29) is 12.6 Å². The van der Waals surface area contributed by atoms with Gasteiger partial charge in [0.2, 0.25) is 0 Å². The zero-order chi connectivity index (χ0) is 9.68. The molecule has 0 aromatic carbocycles. The van der Waals surface area contributed by atoms with Gasteiger partial charge in [0.25, 0.3) is 0 Å². The van der Waals surface area contributed by atoms with E-state index in [9.17, 15) is 4.79 Å². The highest BCUT2D eigenvalue weighted by atomic mass is 16.5. The van der Waals surface area contributed by atoms with Gasteiger partial charge in [0, 0.05) is 6.61 Å². The number of carbonyl (C=O) groups is 1. The minimum Gasteiger partial charge on any atom is -0.465 e. The third-order valence-electron chi connectivity index (χ3n) is 1.94. The number of hydrogen-bond acceptors (Lipinski definition) is 4. The van der Waals surface area contributed by atoms with Crippen LogP contribution in [0.1, 0.15) is 19.8 Å². The molecule has 0 spiro atoms. The summed E-state index contributed by atoms with van der Waals surface area (Å²) in [6, 6.07) is -0.626. The summed E-state index contributed by atoms with van der Waals surface area (Å²) in [6.07, 6.45) is 2.49. The molecule has 1 fully saturated rings. The number of carbonyl (C=O) groups excluding carboxylic acids is 1. The lowest BCUT2D eigenvalue weighted by atomic mass is 10.3. The van der Waals surface area contributed by atoms with E-state index in [0.717, 1.165) is 6.61 Å². The van der Waals surface area contributed by atoms with Gasteiger partial charge in [-0.25, -0.2) is 0 Å². The molecule has 2 N–H and O–H groups in total. The van der Waals surface area contributed by atoms with Crippen molar-refractivity contribution in [3.63, 3.8) is 0 Å². The van der Waals surface area contributed by atoms with Crippen molar-refractivity contribution in [3.05, 3.63) is 0 Å². The Labute approximate surface area is 78.4 Å². The zero-order valence-corrected chi connectivity index (χ0v) is 7.99. The van der Waals surface area contributed by atoms with E-state index in [4.69, 9.17) is 15.2 Å².